The number of hydrogen-bond donors (Lipinski definition) is 1. The minimum Gasteiger partial charge on any atom is -0.507 e. The monoisotopic (exact) mass is 205 g/mol. The van der Waals surface area contributed by atoms with Gasteiger partial charge in [0.15, 0.2) is 0 Å². The fourth-order valence-electron chi connectivity index (χ4n) is 1.25. The molecule has 4 nitrogen and oxygen atoms in total. The van der Waals surface area contributed by atoms with E-state index in [1.54, 1.807) is 13.8 Å². The van der Waals surface area contributed by atoms with Gasteiger partial charge < -0.3 is 9.84 Å². The third-order valence-electron chi connectivity index (χ3n) is 1.94. The van der Waals surface area contributed by atoms with E-state index in [0.717, 1.165) is 0 Å². The molecule has 0 bridgehead atoms. The van der Waals surface area contributed by atoms with Crippen molar-refractivity contribution in [3.63, 3.8) is 0 Å². The van der Waals surface area contributed by atoms with Crippen molar-refractivity contribution in [2.24, 2.45) is 0 Å². The molecule has 0 aliphatic carbocycles. The van der Waals surface area contributed by atoms with E-state index in [9.17, 15) is 9.90 Å². The lowest BCUT2D eigenvalue weighted by Gasteiger charge is -2.05. The fraction of sp³-hybridized carbons (Fsp3) is 0.273. The van der Waals surface area contributed by atoms with Gasteiger partial charge in [-0.3, -0.25) is 0 Å². The molecule has 0 saturated heterocycles. The second-order valence-corrected chi connectivity index (χ2v) is 3.02. The van der Waals surface area contributed by atoms with Crippen LogP contribution in [0.25, 0.3) is 0 Å². The van der Waals surface area contributed by atoms with Crippen molar-refractivity contribution in [2.45, 2.75) is 13.8 Å². The summed E-state index contributed by atoms with van der Waals surface area (Å²) in [4.78, 5) is 11.3. The molecule has 0 aromatic heterocycles. The van der Waals surface area contributed by atoms with Crippen LogP contribution in [-0.4, -0.2) is 17.7 Å². The molecule has 0 amide bonds. The standard InChI is InChI=1S/C11H11NO3/c1-3-15-11(14)8-4-7(2)9(6-12)10(13)5-8/h4-5,13H,3H2,1-2H3. The van der Waals surface area contributed by atoms with E-state index in [2.05, 4.69) is 0 Å². The molecule has 0 unspecified atom stereocenters. The summed E-state index contributed by atoms with van der Waals surface area (Å²) in [7, 11) is 0. The Hall–Kier alpha value is -2.02. The summed E-state index contributed by atoms with van der Waals surface area (Å²) in [5.74, 6) is -0.694. The second kappa shape index (κ2) is 4.47. The minimum atomic E-state index is -0.500. The maximum atomic E-state index is 11.3. The molecule has 1 aromatic rings. The SMILES string of the molecule is CCOC(=O)c1cc(C)c(C#N)c(O)c1. The number of esters is 1. The predicted molar refractivity (Wildman–Crippen MR) is 53.5 cm³/mol. The number of benzene rings is 1. The van der Waals surface area contributed by atoms with E-state index in [-0.39, 0.29) is 23.5 Å². The molecule has 0 atom stereocenters. The molecule has 0 aliphatic heterocycles. The fourth-order valence-corrected chi connectivity index (χ4v) is 1.25. The van der Waals surface area contributed by atoms with Crippen molar-refractivity contribution in [2.75, 3.05) is 6.61 Å². The summed E-state index contributed by atoms with van der Waals surface area (Å²) in [6, 6.07) is 4.62. The maximum Gasteiger partial charge on any atom is 0.338 e. The van der Waals surface area contributed by atoms with Crippen molar-refractivity contribution in [3.05, 3.63) is 28.8 Å². The Labute approximate surface area is 87.7 Å². The second-order valence-electron chi connectivity index (χ2n) is 3.02. The largest absolute Gasteiger partial charge is 0.507 e. The highest BCUT2D eigenvalue weighted by Gasteiger charge is 2.12. The van der Waals surface area contributed by atoms with E-state index in [0.29, 0.717) is 5.56 Å². The van der Waals surface area contributed by atoms with Gasteiger partial charge in [-0.1, -0.05) is 0 Å². The predicted octanol–water partition coefficient (Wildman–Crippen LogP) is 1.75. The van der Waals surface area contributed by atoms with Crippen LogP contribution >= 0.6 is 0 Å². The summed E-state index contributed by atoms with van der Waals surface area (Å²) in [5.41, 5.74) is 0.995. The van der Waals surface area contributed by atoms with Gasteiger partial charge in [0.1, 0.15) is 11.8 Å². The molecule has 0 spiro atoms. The molecule has 1 rings (SSSR count). The number of rotatable bonds is 2. The smallest absolute Gasteiger partial charge is 0.338 e. The molecular formula is C11H11NO3. The van der Waals surface area contributed by atoms with Gasteiger partial charge in [0.2, 0.25) is 0 Å². The summed E-state index contributed by atoms with van der Waals surface area (Å²) in [6.45, 7) is 3.63. The lowest BCUT2D eigenvalue weighted by atomic mass is 10.0. The number of phenols is 1. The van der Waals surface area contributed by atoms with E-state index in [4.69, 9.17) is 10.00 Å². The molecule has 0 fully saturated rings. The highest BCUT2D eigenvalue weighted by atomic mass is 16.5. The van der Waals surface area contributed by atoms with Crippen LogP contribution < -0.4 is 0 Å². The first kappa shape index (κ1) is 11.1. The number of aromatic hydroxyl groups is 1. The number of aryl methyl sites for hydroxylation is 1. The van der Waals surface area contributed by atoms with Crippen LogP contribution in [0.4, 0.5) is 0 Å². The van der Waals surface area contributed by atoms with Gasteiger partial charge >= 0.3 is 5.97 Å². The Morgan fingerprint density at radius 3 is 2.73 bits per heavy atom. The molecule has 1 N–H and O–H groups in total. The highest BCUT2D eigenvalue weighted by molar-refractivity contribution is 5.90. The zero-order valence-corrected chi connectivity index (χ0v) is 8.57. The van der Waals surface area contributed by atoms with Gasteiger partial charge in [-0.15, -0.1) is 0 Å². The first-order valence-electron chi connectivity index (χ1n) is 4.51. The van der Waals surface area contributed by atoms with Gasteiger partial charge in [0.05, 0.1) is 17.7 Å². The third-order valence-corrected chi connectivity index (χ3v) is 1.94. The Kier molecular flexibility index (Phi) is 3.29. The minimum absolute atomic E-state index is 0.183. The van der Waals surface area contributed by atoms with Gasteiger partial charge in [0.25, 0.3) is 0 Å². The van der Waals surface area contributed by atoms with E-state index < -0.39 is 5.97 Å². The number of nitrogens with zero attached hydrogens (tertiary/aromatic N) is 1. The van der Waals surface area contributed by atoms with Gasteiger partial charge in [-0.25, -0.2) is 4.79 Å². The molecule has 0 saturated carbocycles. The number of hydrogen-bond acceptors (Lipinski definition) is 4. The number of carbonyl (C=O) groups excluding carboxylic acids is 1. The normalized spacial score (nSPS) is 9.40. The first-order chi connectivity index (χ1) is 7.10. The van der Waals surface area contributed by atoms with Crippen molar-refractivity contribution in [1.82, 2.24) is 0 Å². The van der Waals surface area contributed by atoms with Crippen LogP contribution in [0.5, 0.6) is 5.75 Å². The zero-order valence-electron chi connectivity index (χ0n) is 8.57. The molecule has 1 aromatic carbocycles. The van der Waals surface area contributed by atoms with Crippen molar-refractivity contribution in [1.29, 1.82) is 5.26 Å². The Balaban J connectivity index is 3.15. The zero-order chi connectivity index (χ0) is 11.4. The van der Waals surface area contributed by atoms with Crippen LogP contribution in [0, 0.1) is 18.3 Å². The molecule has 0 heterocycles. The number of nitriles is 1. The van der Waals surface area contributed by atoms with Crippen LogP contribution in [0.1, 0.15) is 28.4 Å². The number of phenolic OH excluding ortho intramolecular Hbond substituents is 1. The summed E-state index contributed by atoms with van der Waals surface area (Å²) < 4.78 is 4.78. The van der Waals surface area contributed by atoms with Gasteiger partial charge in [0, 0.05) is 0 Å². The highest BCUT2D eigenvalue weighted by Crippen LogP contribution is 2.22. The van der Waals surface area contributed by atoms with Crippen LogP contribution in [-0.2, 0) is 4.74 Å². The Morgan fingerprint density at radius 2 is 2.27 bits per heavy atom. The Morgan fingerprint density at radius 1 is 1.60 bits per heavy atom. The van der Waals surface area contributed by atoms with E-state index >= 15 is 0 Å². The summed E-state index contributed by atoms with van der Waals surface area (Å²) >= 11 is 0. The topological polar surface area (TPSA) is 70.3 Å². The van der Waals surface area contributed by atoms with Crippen molar-refractivity contribution >= 4 is 5.97 Å². The third kappa shape index (κ3) is 2.26. The molecule has 0 radical (unpaired) electrons. The molecule has 0 aliphatic rings. The quantitative estimate of drug-likeness (QED) is 0.746. The van der Waals surface area contributed by atoms with Crippen molar-refractivity contribution in [3.8, 4) is 11.8 Å². The van der Waals surface area contributed by atoms with E-state index in [1.807, 2.05) is 6.07 Å². The van der Waals surface area contributed by atoms with Crippen LogP contribution in [0.2, 0.25) is 0 Å². The lowest BCUT2D eigenvalue weighted by Crippen LogP contribution is -2.05. The van der Waals surface area contributed by atoms with Crippen LogP contribution in [0.3, 0.4) is 0 Å². The lowest BCUT2D eigenvalue weighted by molar-refractivity contribution is 0.0526. The summed E-state index contributed by atoms with van der Waals surface area (Å²) in [5, 5.41) is 18.2. The van der Waals surface area contributed by atoms with E-state index in [1.165, 1.54) is 12.1 Å². The van der Waals surface area contributed by atoms with Crippen LogP contribution in [0.15, 0.2) is 12.1 Å². The average molecular weight is 205 g/mol. The Bertz CT molecular complexity index is 409. The molecule has 78 valence electrons. The first-order valence-corrected chi connectivity index (χ1v) is 4.51. The molecule has 15 heavy (non-hydrogen) atoms. The molecular weight excluding hydrogens is 194 g/mol. The number of carbonyl (C=O) groups is 1. The maximum absolute atomic E-state index is 11.3. The van der Waals surface area contributed by atoms with Crippen molar-refractivity contribution < 1.29 is 14.6 Å². The van der Waals surface area contributed by atoms with Gasteiger partial charge in [-0.2, -0.15) is 5.26 Å². The number of ether oxygens (including phenoxy) is 1. The summed E-state index contributed by atoms with van der Waals surface area (Å²) in [6.07, 6.45) is 0. The van der Waals surface area contributed by atoms with Gasteiger partial charge in [-0.05, 0) is 31.5 Å². The molecule has 4 heteroatoms. The average Bonchev–Trinajstić information content (AvgIpc) is 2.17.